The van der Waals surface area contributed by atoms with Crippen LogP contribution in [0.15, 0.2) is 34.8 Å². The van der Waals surface area contributed by atoms with E-state index in [1.54, 1.807) is 12.1 Å². The lowest BCUT2D eigenvalue weighted by molar-refractivity contribution is 0.0977. The first-order valence-corrected chi connectivity index (χ1v) is 8.58. The van der Waals surface area contributed by atoms with Gasteiger partial charge in [0.25, 0.3) is 5.91 Å². The lowest BCUT2D eigenvalue weighted by Crippen LogP contribution is -2.34. The molecular weight excluding hydrogens is 419 g/mol. The van der Waals surface area contributed by atoms with Crippen molar-refractivity contribution >= 4 is 68.1 Å². The summed E-state index contributed by atoms with van der Waals surface area (Å²) in [7, 11) is 0. The fourth-order valence-electron chi connectivity index (χ4n) is 1.89. The van der Waals surface area contributed by atoms with Crippen molar-refractivity contribution in [3.8, 4) is 0 Å². The van der Waals surface area contributed by atoms with Crippen LogP contribution < -0.4 is 10.6 Å². The summed E-state index contributed by atoms with van der Waals surface area (Å²) in [5.41, 5.74) is 3.37. The van der Waals surface area contributed by atoms with Gasteiger partial charge in [-0.2, -0.15) is 0 Å². The summed E-state index contributed by atoms with van der Waals surface area (Å²) in [5.74, 6) is -0.354. The highest BCUT2D eigenvalue weighted by molar-refractivity contribution is 9.10. The number of thiocarbonyl (C=S) groups is 1. The molecule has 0 radical (unpaired) electrons. The number of hydrogen-bond donors (Lipinski definition) is 2. The Hall–Kier alpha value is -1.14. The van der Waals surface area contributed by atoms with Gasteiger partial charge in [-0.15, -0.1) is 0 Å². The number of nitrogens with one attached hydrogen (secondary N) is 2. The van der Waals surface area contributed by atoms with Crippen LogP contribution in [0.2, 0.25) is 10.0 Å². The van der Waals surface area contributed by atoms with Gasteiger partial charge < -0.3 is 5.32 Å². The zero-order chi connectivity index (χ0) is 17.1. The molecule has 2 aromatic carbocycles. The van der Waals surface area contributed by atoms with Crippen LogP contribution in [0.5, 0.6) is 0 Å². The maximum atomic E-state index is 12.2. The Labute approximate surface area is 158 Å². The van der Waals surface area contributed by atoms with E-state index in [0.29, 0.717) is 15.6 Å². The van der Waals surface area contributed by atoms with Crippen molar-refractivity contribution in [1.29, 1.82) is 0 Å². The van der Waals surface area contributed by atoms with E-state index < -0.39 is 0 Å². The summed E-state index contributed by atoms with van der Waals surface area (Å²) in [4.78, 5) is 12.2. The first-order chi connectivity index (χ1) is 10.8. The van der Waals surface area contributed by atoms with E-state index in [0.717, 1.165) is 21.3 Å². The van der Waals surface area contributed by atoms with Crippen molar-refractivity contribution in [2.75, 3.05) is 5.32 Å². The zero-order valence-corrected chi connectivity index (χ0v) is 16.3. The number of hydrogen-bond acceptors (Lipinski definition) is 2. The van der Waals surface area contributed by atoms with E-state index in [1.165, 1.54) is 6.07 Å². The van der Waals surface area contributed by atoms with E-state index in [-0.39, 0.29) is 11.0 Å². The molecule has 0 aliphatic heterocycles. The van der Waals surface area contributed by atoms with E-state index in [1.807, 2.05) is 26.0 Å². The first kappa shape index (κ1) is 18.2. The lowest BCUT2D eigenvalue weighted by Gasteiger charge is -2.14. The molecule has 0 spiro atoms. The third kappa shape index (κ3) is 4.44. The second-order valence-electron chi connectivity index (χ2n) is 4.88. The molecule has 2 N–H and O–H groups in total. The van der Waals surface area contributed by atoms with Gasteiger partial charge >= 0.3 is 0 Å². The molecule has 0 saturated heterocycles. The molecule has 0 unspecified atom stereocenters. The minimum Gasteiger partial charge on any atom is -0.332 e. The Morgan fingerprint density at radius 2 is 1.78 bits per heavy atom. The van der Waals surface area contributed by atoms with Crippen molar-refractivity contribution in [1.82, 2.24) is 5.32 Å². The van der Waals surface area contributed by atoms with Crippen LogP contribution in [0.25, 0.3) is 0 Å². The molecule has 2 rings (SSSR count). The molecule has 3 nitrogen and oxygen atoms in total. The van der Waals surface area contributed by atoms with Gasteiger partial charge in [0.2, 0.25) is 0 Å². The maximum Gasteiger partial charge on any atom is 0.257 e. The molecule has 0 fully saturated rings. The molecule has 0 atom stereocenters. The van der Waals surface area contributed by atoms with Crippen LogP contribution in [0, 0.1) is 13.8 Å². The topological polar surface area (TPSA) is 41.1 Å². The van der Waals surface area contributed by atoms with Crippen molar-refractivity contribution in [3.63, 3.8) is 0 Å². The molecule has 23 heavy (non-hydrogen) atoms. The highest BCUT2D eigenvalue weighted by Gasteiger charge is 2.11. The molecule has 0 saturated carbocycles. The zero-order valence-electron chi connectivity index (χ0n) is 12.3. The number of carbonyl (C=O) groups is 1. The van der Waals surface area contributed by atoms with Crippen molar-refractivity contribution < 1.29 is 4.79 Å². The minimum atomic E-state index is -0.354. The third-order valence-corrected chi connectivity index (χ3v) is 5.18. The number of halogens is 3. The van der Waals surface area contributed by atoms with Crippen molar-refractivity contribution in [3.05, 3.63) is 61.5 Å². The molecule has 1 amide bonds. The highest BCUT2D eigenvalue weighted by Crippen LogP contribution is 2.26. The van der Waals surface area contributed by atoms with Gasteiger partial charge in [-0.25, -0.2) is 0 Å². The minimum absolute atomic E-state index is 0.214. The van der Waals surface area contributed by atoms with Crippen LogP contribution in [0.1, 0.15) is 21.5 Å². The van der Waals surface area contributed by atoms with Crippen LogP contribution in [0.3, 0.4) is 0 Å². The fraction of sp³-hybridized carbons (Fsp3) is 0.125. The number of benzene rings is 2. The van der Waals surface area contributed by atoms with Crippen molar-refractivity contribution in [2.45, 2.75) is 13.8 Å². The van der Waals surface area contributed by atoms with Crippen LogP contribution in [-0.4, -0.2) is 11.0 Å². The van der Waals surface area contributed by atoms with Gasteiger partial charge in [0, 0.05) is 15.7 Å². The SMILES string of the molecule is Cc1c(Br)ccc(NC(=S)NC(=O)c2ccc(Cl)c(Cl)c2)c1C. The highest BCUT2D eigenvalue weighted by atomic mass is 79.9. The van der Waals surface area contributed by atoms with Crippen LogP contribution >= 0.6 is 51.3 Å². The monoisotopic (exact) mass is 430 g/mol. The number of anilines is 1. The Morgan fingerprint density at radius 1 is 1.09 bits per heavy atom. The second-order valence-corrected chi connectivity index (χ2v) is 6.96. The lowest BCUT2D eigenvalue weighted by atomic mass is 10.1. The number of carbonyl (C=O) groups excluding carboxylic acids is 1. The van der Waals surface area contributed by atoms with Gasteiger partial charge in [-0.05, 0) is 67.5 Å². The van der Waals surface area contributed by atoms with Gasteiger partial charge in [0.15, 0.2) is 5.11 Å². The summed E-state index contributed by atoms with van der Waals surface area (Å²) in [6, 6.07) is 8.47. The third-order valence-electron chi connectivity index (χ3n) is 3.38. The first-order valence-electron chi connectivity index (χ1n) is 6.62. The summed E-state index contributed by atoms with van der Waals surface area (Å²) in [6.45, 7) is 3.98. The van der Waals surface area contributed by atoms with Gasteiger partial charge in [-0.1, -0.05) is 39.1 Å². The average Bonchev–Trinajstić information content (AvgIpc) is 2.50. The summed E-state index contributed by atoms with van der Waals surface area (Å²) < 4.78 is 1.02. The average molecular weight is 432 g/mol. The van der Waals surface area contributed by atoms with E-state index in [9.17, 15) is 4.79 Å². The summed E-state index contributed by atoms with van der Waals surface area (Å²) in [6.07, 6.45) is 0. The van der Waals surface area contributed by atoms with E-state index in [4.69, 9.17) is 35.4 Å². The fourth-order valence-corrected chi connectivity index (χ4v) is 2.82. The molecule has 0 aliphatic carbocycles. The van der Waals surface area contributed by atoms with Crippen LogP contribution in [-0.2, 0) is 0 Å². The molecule has 0 aliphatic rings. The number of rotatable bonds is 2. The molecule has 0 heterocycles. The maximum absolute atomic E-state index is 12.2. The molecule has 0 aromatic heterocycles. The molecule has 120 valence electrons. The predicted molar refractivity (Wildman–Crippen MR) is 104 cm³/mol. The standard InChI is InChI=1S/C16H13BrCl2N2OS/c1-8-9(2)14(6-4-11(8)17)20-16(23)21-15(22)10-3-5-12(18)13(19)7-10/h3-7H,1-2H3,(H2,20,21,22,23). The molecule has 2 aromatic rings. The van der Waals surface area contributed by atoms with Gasteiger partial charge in [0.1, 0.15) is 0 Å². The Bertz CT molecular complexity index is 796. The molecule has 7 heteroatoms. The van der Waals surface area contributed by atoms with Crippen molar-refractivity contribution in [2.24, 2.45) is 0 Å². The molecular formula is C16H13BrCl2N2OS. The quantitative estimate of drug-likeness (QED) is 0.616. The van der Waals surface area contributed by atoms with E-state index >= 15 is 0 Å². The Balaban J connectivity index is 2.09. The predicted octanol–water partition coefficient (Wildman–Crippen LogP) is 5.50. The summed E-state index contributed by atoms with van der Waals surface area (Å²) in [5, 5.41) is 6.57. The second kappa shape index (κ2) is 7.62. The summed E-state index contributed by atoms with van der Waals surface area (Å²) >= 11 is 20.4. The normalized spacial score (nSPS) is 10.3. The largest absolute Gasteiger partial charge is 0.332 e. The Morgan fingerprint density at radius 3 is 2.43 bits per heavy atom. The Kier molecular flexibility index (Phi) is 6.03. The van der Waals surface area contributed by atoms with Gasteiger partial charge in [-0.3, -0.25) is 10.1 Å². The van der Waals surface area contributed by atoms with Crippen LogP contribution in [0.4, 0.5) is 5.69 Å². The smallest absolute Gasteiger partial charge is 0.257 e. The number of amides is 1. The molecule has 0 bridgehead atoms. The van der Waals surface area contributed by atoms with Gasteiger partial charge in [0.05, 0.1) is 10.0 Å². The van der Waals surface area contributed by atoms with E-state index in [2.05, 4.69) is 26.6 Å².